The van der Waals surface area contributed by atoms with E-state index in [0.717, 1.165) is 6.04 Å². The second-order valence-electron chi connectivity index (χ2n) is 6.00. The van der Waals surface area contributed by atoms with Gasteiger partial charge in [0.1, 0.15) is 0 Å². The summed E-state index contributed by atoms with van der Waals surface area (Å²) in [5.74, 6) is 0. The average molecular weight is 243 g/mol. The fourth-order valence-corrected chi connectivity index (χ4v) is 3.65. The molecule has 0 amide bonds. The predicted octanol–water partition coefficient (Wildman–Crippen LogP) is 4.38. The molecule has 0 heterocycles. The molecule has 3 rings (SSSR count). The molecule has 0 aromatic heterocycles. The second kappa shape index (κ2) is 5.88. The Morgan fingerprint density at radius 1 is 0.833 bits per heavy atom. The van der Waals surface area contributed by atoms with Gasteiger partial charge in [0.05, 0.1) is 0 Å². The lowest BCUT2D eigenvalue weighted by atomic mass is 9.92. The van der Waals surface area contributed by atoms with E-state index in [0.29, 0.717) is 6.04 Å². The van der Waals surface area contributed by atoms with Gasteiger partial charge in [-0.3, -0.25) is 0 Å². The molecule has 1 heteroatoms. The van der Waals surface area contributed by atoms with Crippen LogP contribution in [-0.2, 0) is 6.42 Å². The van der Waals surface area contributed by atoms with Crippen LogP contribution in [0, 0.1) is 0 Å². The maximum atomic E-state index is 3.95. The summed E-state index contributed by atoms with van der Waals surface area (Å²) in [6.45, 7) is 0. The molecule has 2 aliphatic carbocycles. The van der Waals surface area contributed by atoms with Gasteiger partial charge in [-0.05, 0) is 43.2 Å². The smallest absolute Gasteiger partial charge is 0.0325 e. The van der Waals surface area contributed by atoms with Crippen LogP contribution in [0.2, 0.25) is 0 Å². The van der Waals surface area contributed by atoms with Crippen molar-refractivity contribution in [2.45, 2.75) is 69.9 Å². The summed E-state index contributed by atoms with van der Waals surface area (Å²) < 4.78 is 0. The highest BCUT2D eigenvalue weighted by molar-refractivity contribution is 5.31. The second-order valence-corrected chi connectivity index (χ2v) is 6.00. The largest absolute Gasteiger partial charge is 0.307 e. The third-order valence-corrected chi connectivity index (χ3v) is 4.66. The van der Waals surface area contributed by atoms with Gasteiger partial charge >= 0.3 is 0 Å². The third-order valence-electron chi connectivity index (χ3n) is 4.66. The fraction of sp³-hybridized carbons (Fsp3) is 0.647. The number of nitrogens with one attached hydrogen (secondary N) is 1. The highest BCUT2D eigenvalue weighted by atomic mass is 15.0. The van der Waals surface area contributed by atoms with Crippen LogP contribution in [0.3, 0.4) is 0 Å². The molecule has 1 aromatic carbocycles. The molecule has 1 unspecified atom stereocenters. The van der Waals surface area contributed by atoms with Gasteiger partial charge in [-0.2, -0.15) is 0 Å². The van der Waals surface area contributed by atoms with E-state index < -0.39 is 0 Å². The van der Waals surface area contributed by atoms with E-state index in [1.807, 2.05) is 0 Å². The van der Waals surface area contributed by atoms with Gasteiger partial charge in [0, 0.05) is 12.1 Å². The molecule has 0 spiro atoms. The maximum absolute atomic E-state index is 3.95. The average Bonchev–Trinajstić information content (AvgIpc) is 2.63. The Morgan fingerprint density at radius 2 is 1.61 bits per heavy atom. The Balaban J connectivity index is 1.74. The molecule has 98 valence electrons. The highest BCUT2D eigenvalue weighted by Crippen LogP contribution is 2.30. The number of benzene rings is 1. The van der Waals surface area contributed by atoms with Gasteiger partial charge in [-0.1, -0.05) is 49.9 Å². The van der Waals surface area contributed by atoms with Crippen molar-refractivity contribution < 1.29 is 0 Å². The first-order chi connectivity index (χ1) is 8.93. The SMILES string of the molecule is c1ccc2c(c1)CCCCC2NC1CCCCC1. The van der Waals surface area contributed by atoms with Crippen LogP contribution >= 0.6 is 0 Å². The number of hydrogen-bond acceptors (Lipinski definition) is 1. The summed E-state index contributed by atoms with van der Waals surface area (Å²) in [5.41, 5.74) is 3.17. The maximum Gasteiger partial charge on any atom is 0.0325 e. The van der Waals surface area contributed by atoms with Crippen LogP contribution < -0.4 is 5.32 Å². The lowest BCUT2D eigenvalue weighted by molar-refractivity contribution is 0.329. The fourth-order valence-electron chi connectivity index (χ4n) is 3.65. The summed E-state index contributed by atoms with van der Waals surface area (Å²) >= 11 is 0. The number of rotatable bonds is 2. The van der Waals surface area contributed by atoms with E-state index in [2.05, 4.69) is 29.6 Å². The predicted molar refractivity (Wildman–Crippen MR) is 76.7 cm³/mol. The zero-order valence-corrected chi connectivity index (χ0v) is 11.3. The van der Waals surface area contributed by atoms with Crippen molar-refractivity contribution in [3.63, 3.8) is 0 Å². The summed E-state index contributed by atoms with van der Waals surface area (Å²) in [5, 5.41) is 3.95. The van der Waals surface area contributed by atoms with E-state index in [1.54, 1.807) is 11.1 Å². The van der Waals surface area contributed by atoms with Crippen molar-refractivity contribution in [2.24, 2.45) is 0 Å². The van der Waals surface area contributed by atoms with Crippen LogP contribution in [-0.4, -0.2) is 6.04 Å². The molecule has 18 heavy (non-hydrogen) atoms. The van der Waals surface area contributed by atoms with Crippen molar-refractivity contribution in [3.05, 3.63) is 35.4 Å². The summed E-state index contributed by atoms with van der Waals surface area (Å²) in [7, 11) is 0. The first kappa shape index (κ1) is 12.2. The summed E-state index contributed by atoms with van der Waals surface area (Å²) in [6.07, 6.45) is 12.4. The molecule has 1 atom stereocenters. The monoisotopic (exact) mass is 243 g/mol. The zero-order chi connectivity index (χ0) is 12.2. The molecule has 1 nitrogen and oxygen atoms in total. The van der Waals surface area contributed by atoms with Crippen LogP contribution in [0.4, 0.5) is 0 Å². The standard InChI is InChI=1S/C17H25N/c1-2-10-15(11-3-1)18-17-13-7-5-9-14-8-4-6-12-16(14)17/h4,6,8,12,15,17-18H,1-3,5,7,9-11,13H2. The Labute approximate surface area is 111 Å². The van der Waals surface area contributed by atoms with E-state index in [9.17, 15) is 0 Å². The van der Waals surface area contributed by atoms with E-state index >= 15 is 0 Å². The molecular formula is C17H25N. The molecule has 0 aliphatic heterocycles. The molecule has 1 saturated carbocycles. The van der Waals surface area contributed by atoms with Gasteiger partial charge in [-0.25, -0.2) is 0 Å². The van der Waals surface area contributed by atoms with Crippen molar-refractivity contribution in [2.75, 3.05) is 0 Å². The van der Waals surface area contributed by atoms with E-state index in [4.69, 9.17) is 0 Å². The van der Waals surface area contributed by atoms with Gasteiger partial charge in [0.25, 0.3) is 0 Å². The van der Waals surface area contributed by atoms with E-state index in [-0.39, 0.29) is 0 Å². The van der Waals surface area contributed by atoms with Crippen LogP contribution in [0.1, 0.15) is 68.5 Å². The molecule has 1 N–H and O–H groups in total. The minimum Gasteiger partial charge on any atom is -0.307 e. The van der Waals surface area contributed by atoms with Gasteiger partial charge in [-0.15, -0.1) is 0 Å². The van der Waals surface area contributed by atoms with Crippen molar-refractivity contribution in [1.29, 1.82) is 0 Å². The first-order valence-electron chi connectivity index (χ1n) is 7.77. The molecule has 2 aliphatic rings. The van der Waals surface area contributed by atoms with Crippen molar-refractivity contribution in [1.82, 2.24) is 5.32 Å². The normalized spacial score (nSPS) is 25.4. The first-order valence-corrected chi connectivity index (χ1v) is 7.77. The van der Waals surface area contributed by atoms with Crippen LogP contribution in [0.25, 0.3) is 0 Å². The topological polar surface area (TPSA) is 12.0 Å². The minimum atomic E-state index is 0.617. The lowest BCUT2D eigenvalue weighted by Crippen LogP contribution is -2.34. The molecule has 0 bridgehead atoms. The zero-order valence-electron chi connectivity index (χ0n) is 11.3. The minimum absolute atomic E-state index is 0.617. The Bertz CT molecular complexity index is 379. The van der Waals surface area contributed by atoms with Crippen molar-refractivity contribution in [3.8, 4) is 0 Å². The number of fused-ring (bicyclic) bond motifs is 1. The van der Waals surface area contributed by atoms with E-state index in [1.165, 1.54) is 57.8 Å². The number of aryl methyl sites for hydroxylation is 1. The highest BCUT2D eigenvalue weighted by Gasteiger charge is 2.22. The Morgan fingerprint density at radius 3 is 2.50 bits per heavy atom. The lowest BCUT2D eigenvalue weighted by Gasteiger charge is -2.29. The molecule has 0 saturated heterocycles. The van der Waals surface area contributed by atoms with Gasteiger partial charge in [0.2, 0.25) is 0 Å². The van der Waals surface area contributed by atoms with Crippen LogP contribution in [0.5, 0.6) is 0 Å². The third kappa shape index (κ3) is 2.77. The van der Waals surface area contributed by atoms with Gasteiger partial charge in [0.15, 0.2) is 0 Å². The summed E-state index contributed by atoms with van der Waals surface area (Å²) in [6, 6.07) is 10.5. The van der Waals surface area contributed by atoms with Crippen LogP contribution in [0.15, 0.2) is 24.3 Å². The molecular weight excluding hydrogens is 218 g/mol. The quantitative estimate of drug-likeness (QED) is 0.760. The molecule has 0 radical (unpaired) electrons. The Hall–Kier alpha value is -0.820. The van der Waals surface area contributed by atoms with Crippen molar-refractivity contribution >= 4 is 0 Å². The van der Waals surface area contributed by atoms with Gasteiger partial charge < -0.3 is 5.32 Å². The molecule has 1 aromatic rings. The molecule has 1 fully saturated rings. The Kier molecular flexibility index (Phi) is 3.99. The number of hydrogen-bond donors (Lipinski definition) is 1. The summed E-state index contributed by atoms with van der Waals surface area (Å²) in [4.78, 5) is 0.